The topological polar surface area (TPSA) is 119 Å². The van der Waals surface area contributed by atoms with Crippen molar-refractivity contribution in [3.05, 3.63) is 96.4 Å². The number of Topliss-reactive ketones (excluding diaryl/α,β-unsaturated/α-hetero) is 1. The van der Waals surface area contributed by atoms with Crippen molar-refractivity contribution < 1.29 is 14.4 Å². The molecule has 0 unspecified atom stereocenters. The first-order chi connectivity index (χ1) is 17.6. The van der Waals surface area contributed by atoms with Gasteiger partial charge in [0.05, 0.1) is 11.3 Å². The van der Waals surface area contributed by atoms with Crippen LogP contribution in [0.2, 0.25) is 0 Å². The molecule has 4 aromatic rings. The zero-order chi connectivity index (χ0) is 24.9. The Kier molecular flexibility index (Phi) is 6.61. The van der Waals surface area contributed by atoms with Crippen molar-refractivity contribution in [1.29, 1.82) is 0 Å². The number of aromatic nitrogens is 4. The van der Waals surface area contributed by atoms with Crippen LogP contribution in [0, 0.1) is 0 Å². The van der Waals surface area contributed by atoms with Gasteiger partial charge in [0.15, 0.2) is 5.82 Å². The fourth-order valence-electron chi connectivity index (χ4n) is 3.79. The summed E-state index contributed by atoms with van der Waals surface area (Å²) in [4.78, 5) is 47.6. The number of carbonyl (C=O) groups excluding carboxylic acids is 3. The third kappa shape index (κ3) is 5.35. The second-order valence-electron chi connectivity index (χ2n) is 8.56. The number of hydrogen-bond acceptors (Lipinski definition) is 6. The first-order valence-corrected chi connectivity index (χ1v) is 11.7. The summed E-state index contributed by atoms with van der Waals surface area (Å²) < 4.78 is 1.49. The first-order valence-electron chi connectivity index (χ1n) is 11.7. The number of ketones is 1. The third-order valence-corrected chi connectivity index (χ3v) is 5.81. The highest BCUT2D eigenvalue weighted by atomic mass is 16.2. The number of pyridine rings is 2. The summed E-state index contributed by atoms with van der Waals surface area (Å²) in [5.41, 5.74) is 2.37. The summed E-state index contributed by atoms with van der Waals surface area (Å²) in [5, 5.41) is 10.0. The number of hydrogen-bond donors (Lipinski definition) is 2. The van der Waals surface area contributed by atoms with Crippen molar-refractivity contribution in [2.45, 2.75) is 31.3 Å². The lowest BCUT2D eigenvalue weighted by molar-refractivity contribution is -0.139. The normalized spacial score (nSPS) is 13.6. The molecule has 0 aliphatic heterocycles. The molecule has 1 atom stereocenters. The molecule has 1 aliphatic carbocycles. The van der Waals surface area contributed by atoms with Gasteiger partial charge in [-0.15, -0.1) is 0 Å². The first kappa shape index (κ1) is 23.1. The highest BCUT2D eigenvalue weighted by Gasteiger charge is 2.32. The van der Waals surface area contributed by atoms with Gasteiger partial charge in [-0.05, 0) is 48.7 Å². The Balaban J connectivity index is 1.40. The van der Waals surface area contributed by atoms with Crippen LogP contribution in [-0.4, -0.2) is 49.4 Å². The van der Waals surface area contributed by atoms with Crippen LogP contribution in [0.4, 0.5) is 0 Å². The largest absolute Gasteiger partial charge is 0.347 e. The minimum Gasteiger partial charge on any atom is -0.347 e. The Morgan fingerprint density at radius 3 is 2.42 bits per heavy atom. The summed E-state index contributed by atoms with van der Waals surface area (Å²) in [6, 6.07) is 18.8. The van der Waals surface area contributed by atoms with E-state index in [1.165, 1.54) is 4.68 Å². The van der Waals surface area contributed by atoms with Crippen molar-refractivity contribution in [2.24, 2.45) is 0 Å². The van der Waals surface area contributed by atoms with Gasteiger partial charge in [-0.1, -0.05) is 36.4 Å². The number of rotatable bonds is 9. The van der Waals surface area contributed by atoms with Gasteiger partial charge in [0.1, 0.15) is 11.7 Å². The maximum absolute atomic E-state index is 13.4. The summed E-state index contributed by atoms with van der Waals surface area (Å²) in [6.07, 6.45) is 6.83. The molecule has 0 spiro atoms. The highest BCUT2D eigenvalue weighted by molar-refractivity contribution is 6.38. The predicted molar refractivity (Wildman–Crippen MR) is 132 cm³/mol. The minimum atomic E-state index is -1.03. The maximum Gasteiger partial charge on any atom is 0.289 e. The van der Waals surface area contributed by atoms with E-state index in [-0.39, 0.29) is 18.0 Å². The Bertz CT molecular complexity index is 1380. The Labute approximate surface area is 207 Å². The highest BCUT2D eigenvalue weighted by Crippen LogP contribution is 2.19. The molecule has 2 N–H and O–H groups in total. The van der Waals surface area contributed by atoms with Gasteiger partial charge in [-0.25, -0.2) is 9.67 Å². The monoisotopic (exact) mass is 480 g/mol. The van der Waals surface area contributed by atoms with E-state index in [1.54, 1.807) is 36.8 Å². The molecule has 1 fully saturated rings. The molecule has 5 rings (SSSR count). The quantitative estimate of drug-likeness (QED) is 0.356. The number of amides is 2. The van der Waals surface area contributed by atoms with Crippen LogP contribution >= 0.6 is 0 Å². The Morgan fingerprint density at radius 2 is 1.67 bits per heavy atom. The molecule has 1 aromatic carbocycles. The van der Waals surface area contributed by atoms with Gasteiger partial charge in [0.25, 0.3) is 11.8 Å². The van der Waals surface area contributed by atoms with Crippen LogP contribution in [-0.2, 0) is 16.0 Å². The summed E-state index contributed by atoms with van der Waals surface area (Å²) in [7, 11) is 0. The molecule has 3 aromatic heterocycles. The Morgan fingerprint density at radius 1 is 0.889 bits per heavy atom. The van der Waals surface area contributed by atoms with Gasteiger partial charge in [-0.3, -0.25) is 19.4 Å². The summed E-state index contributed by atoms with van der Waals surface area (Å²) >= 11 is 0. The van der Waals surface area contributed by atoms with Gasteiger partial charge in [-0.2, -0.15) is 5.10 Å². The summed E-state index contributed by atoms with van der Waals surface area (Å²) in [5.74, 6) is -1.59. The average molecular weight is 481 g/mol. The number of carbonyl (C=O) groups is 3. The fraction of sp³-hybridized carbons (Fsp3) is 0.185. The minimum absolute atomic E-state index is 0.0348. The van der Waals surface area contributed by atoms with Crippen molar-refractivity contribution >= 4 is 17.6 Å². The fourth-order valence-corrected chi connectivity index (χ4v) is 3.79. The molecule has 0 radical (unpaired) electrons. The van der Waals surface area contributed by atoms with Gasteiger partial charge in [0, 0.05) is 31.1 Å². The number of nitrogens with zero attached hydrogens (tertiary/aromatic N) is 4. The van der Waals surface area contributed by atoms with Crippen LogP contribution in [0.15, 0.2) is 85.3 Å². The standard InChI is InChI=1S/C27H24N6O3/c34-24(27(36)30-19-11-12-19)23(17-18-7-2-1-3-8-18)31-26(35)20-9-6-15-29-25(20)33-16-13-22(32-33)21-10-4-5-14-28-21/h1-10,13-16,19,23H,11-12,17H2,(H,30,36)(H,31,35)/t23-/m1/s1. The van der Waals surface area contributed by atoms with E-state index in [0.29, 0.717) is 17.2 Å². The average Bonchev–Trinajstić information content (AvgIpc) is 3.60. The molecule has 36 heavy (non-hydrogen) atoms. The smallest absolute Gasteiger partial charge is 0.289 e. The molecule has 2 amide bonds. The lowest BCUT2D eigenvalue weighted by atomic mass is 10.0. The molecule has 0 saturated heterocycles. The lowest BCUT2D eigenvalue weighted by Crippen LogP contribution is -2.49. The van der Waals surface area contributed by atoms with Crippen molar-refractivity contribution in [1.82, 2.24) is 30.4 Å². The van der Waals surface area contributed by atoms with Crippen molar-refractivity contribution in [2.75, 3.05) is 0 Å². The zero-order valence-electron chi connectivity index (χ0n) is 19.4. The molecule has 9 heteroatoms. The van der Waals surface area contributed by atoms with E-state index in [4.69, 9.17) is 0 Å². The SMILES string of the molecule is O=C(NC1CC1)C(=O)[C@@H](Cc1ccccc1)NC(=O)c1cccnc1-n1ccc(-c2ccccn2)n1. The summed E-state index contributed by atoms with van der Waals surface area (Å²) in [6.45, 7) is 0. The van der Waals surface area contributed by atoms with Crippen LogP contribution < -0.4 is 10.6 Å². The Hall–Kier alpha value is -4.66. The maximum atomic E-state index is 13.4. The van der Waals surface area contributed by atoms with Gasteiger partial charge in [0.2, 0.25) is 5.78 Å². The molecule has 1 saturated carbocycles. The second kappa shape index (κ2) is 10.3. The molecule has 9 nitrogen and oxygen atoms in total. The number of nitrogens with one attached hydrogen (secondary N) is 2. The van der Waals surface area contributed by atoms with Gasteiger partial charge < -0.3 is 10.6 Å². The second-order valence-corrected chi connectivity index (χ2v) is 8.56. The third-order valence-electron chi connectivity index (χ3n) is 5.81. The van der Waals surface area contributed by atoms with Crippen LogP contribution in [0.25, 0.3) is 17.2 Å². The van der Waals surface area contributed by atoms with E-state index >= 15 is 0 Å². The van der Waals surface area contributed by atoms with Crippen molar-refractivity contribution in [3.8, 4) is 17.2 Å². The van der Waals surface area contributed by atoms with E-state index in [9.17, 15) is 14.4 Å². The van der Waals surface area contributed by atoms with E-state index < -0.39 is 23.6 Å². The van der Waals surface area contributed by atoms with Crippen LogP contribution in [0.3, 0.4) is 0 Å². The molecule has 180 valence electrons. The lowest BCUT2D eigenvalue weighted by Gasteiger charge is -2.18. The van der Waals surface area contributed by atoms with Crippen LogP contribution in [0.5, 0.6) is 0 Å². The predicted octanol–water partition coefficient (Wildman–Crippen LogP) is 2.52. The van der Waals surface area contributed by atoms with E-state index in [0.717, 1.165) is 18.4 Å². The van der Waals surface area contributed by atoms with E-state index in [1.807, 2.05) is 48.5 Å². The number of benzene rings is 1. The van der Waals surface area contributed by atoms with Crippen LogP contribution in [0.1, 0.15) is 28.8 Å². The molecular formula is C27H24N6O3. The van der Waals surface area contributed by atoms with E-state index in [2.05, 4.69) is 25.7 Å². The van der Waals surface area contributed by atoms with Gasteiger partial charge >= 0.3 is 0 Å². The molecule has 3 heterocycles. The zero-order valence-corrected chi connectivity index (χ0v) is 19.4. The van der Waals surface area contributed by atoms with Crippen molar-refractivity contribution in [3.63, 3.8) is 0 Å². The molecule has 0 bridgehead atoms. The molecule has 1 aliphatic rings. The molecular weight excluding hydrogens is 456 g/mol.